The van der Waals surface area contributed by atoms with E-state index in [-0.39, 0.29) is 22.6 Å². The maximum absolute atomic E-state index is 13.5. The smallest absolute Gasteiger partial charge is 0.253 e. The van der Waals surface area contributed by atoms with Gasteiger partial charge >= 0.3 is 0 Å². The Morgan fingerprint density at radius 1 is 1.21 bits per heavy atom. The number of amides is 1. The summed E-state index contributed by atoms with van der Waals surface area (Å²) in [6.07, 6.45) is 1.59. The number of piperidine rings is 1. The predicted octanol–water partition coefficient (Wildman–Crippen LogP) is 2.48. The van der Waals surface area contributed by atoms with Crippen molar-refractivity contribution in [1.29, 1.82) is 0 Å². The summed E-state index contributed by atoms with van der Waals surface area (Å²) < 4.78 is 28.3. The summed E-state index contributed by atoms with van der Waals surface area (Å²) >= 11 is 1.17. The normalized spacial score (nSPS) is 24.1. The molecule has 1 amide bonds. The van der Waals surface area contributed by atoms with Gasteiger partial charge in [0.05, 0.1) is 6.10 Å². The van der Waals surface area contributed by atoms with Crippen LogP contribution in [0.25, 0.3) is 0 Å². The lowest BCUT2D eigenvalue weighted by molar-refractivity contribution is -0.138. The fraction of sp³-hybridized carbons (Fsp3) is 0.476. The minimum atomic E-state index is -3.77. The van der Waals surface area contributed by atoms with Gasteiger partial charge in [0.2, 0.25) is 5.91 Å². The second-order valence-electron chi connectivity index (χ2n) is 7.90. The number of benzene rings is 1. The van der Waals surface area contributed by atoms with Crippen molar-refractivity contribution in [2.45, 2.75) is 49.1 Å². The SMILES string of the molecule is CC(O)C1CCCN(C(=O)C2Cc3ccccc3CN2S(=O)(=O)c2cccs2)C1. The summed E-state index contributed by atoms with van der Waals surface area (Å²) in [6, 6.07) is 10.3. The van der Waals surface area contributed by atoms with Crippen LogP contribution >= 0.6 is 11.3 Å². The average molecular weight is 435 g/mol. The van der Waals surface area contributed by atoms with Crippen LogP contribution in [0.2, 0.25) is 0 Å². The van der Waals surface area contributed by atoms with Crippen molar-refractivity contribution < 1.29 is 18.3 Å². The molecule has 1 fully saturated rings. The quantitative estimate of drug-likeness (QED) is 0.802. The summed E-state index contributed by atoms with van der Waals surface area (Å²) in [7, 11) is -3.77. The van der Waals surface area contributed by atoms with Gasteiger partial charge in [-0.25, -0.2) is 8.42 Å². The Bertz CT molecular complexity index is 972. The number of nitrogens with zero attached hydrogens (tertiary/aromatic N) is 2. The highest BCUT2D eigenvalue weighted by Crippen LogP contribution is 2.32. The number of thiophene rings is 1. The number of aliphatic hydroxyl groups excluding tert-OH is 1. The Morgan fingerprint density at radius 3 is 2.66 bits per heavy atom. The Kier molecular flexibility index (Phi) is 5.79. The van der Waals surface area contributed by atoms with E-state index >= 15 is 0 Å². The molecule has 2 aliphatic rings. The average Bonchev–Trinajstić information content (AvgIpc) is 3.28. The molecule has 2 aromatic rings. The van der Waals surface area contributed by atoms with Crippen molar-refractivity contribution in [3.8, 4) is 0 Å². The highest BCUT2D eigenvalue weighted by atomic mass is 32.2. The van der Waals surface area contributed by atoms with Crippen LogP contribution in [0.5, 0.6) is 0 Å². The van der Waals surface area contributed by atoms with E-state index in [2.05, 4.69) is 0 Å². The van der Waals surface area contributed by atoms with Crippen LogP contribution in [-0.2, 0) is 27.8 Å². The van der Waals surface area contributed by atoms with Gasteiger partial charge in [0.15, 0.2) is 0 Å². The molecule has 156 valence electrons. The molecule has 0 saturated carbocycles. The summed E-state index contributed by atoms with van der Waals surface area (Å²) in [6.45, 7) is 3.03. The van der Waals surface area contributed by atoms with Crippen LogP contribution in [0.3, 0.4) is 0 Å². The fourth-order valence-corrected chi connectivity index (χ4v) is 6.98. The molecule has 3 atom stereocenters. The zero-order valence-corrected chi connectivity index (χ0v) is 18.0. The molecule has 0 bridgehead atoms. The van der Waals surface area contributed by atoms with Crippen LogP contribution in [0, 0.1) is 5.92 Å². The lowest BCUT2D eigenvalue weighted by Gasteiger charge is -2.40. The molecular formula is C21H26N2O4S2. The van der Waals surface area contributed by atoms with Crippen LogP contribution in [0.15, 0.2) is 46.0 Å². The second kappa shape index (κ2) is 8.18. The van der Waals surface area contributed by atoms with Crippen LogP contribution in [0.4, 0.5) is 0 Å². The molecule has 2 aliphatic heterocycles. The number of rotatable bonds is 4. The summed E-state index contributed by atoms with van der Waals surface area (Å²) in [5.41, 5.74) is 1.96. The first-order valence-corrected chi connectivity index (χ1v) is 12.3. The zero-order valence-electron chi connectivity index (χ0n) is 16.4. The first kappa shape index (κ1) is 20.5. The summed E-state index contributed by atoms with van der Waals surface area (Å²) in [5, 5.41) is 11.7. The van der Waals surface area contributed by atoms with Gasteiger partial charge in [-0.15, -0.1) is 11.3 Å². The van der Waals surface area contributed by atoms with Crippen LogP contribution < -0.4 is 0 Å². The Morgan fingerprint density at radius 2 is 1.97 bits per heavy atom. The molecule has 29 heavy (non-hydrogen) atoms. The van der Waals surface area contributed by atoms with Gasteiger partial charge in [-0.3, -0.25) is 4.79 Å². The van der Waals surface area contributed by atoms with E-state index in [0.29, 0.717) is 19.5 Å². The van der Waals surface area contributed by atoms with E-state index in [1.807, 2.05) is 24.3 Å². The van der Waals surface area contributed by atoms with E-state index in [4.69, 9.17) is 0 Å². The summed E-state index contributed by atoms with van der Waals surface area (Å²) in [5.74, 6) is -0.129. The van der Waals surface area contributed by atoms with E-state index in [9.17, 15) is 18.3 Å². The Hall–Kier alpha value is -1.74. The van der Waals surface area contributed by atoms with E-state index < -0.39 is 22.2 Å². The zero-order chi connectivity index (χ0) is 20.6. The molecule has 1 aromatic heterocycles. The van der Waals surface area contributed by atoms with Crippen molar-refractivity contribution in [1.82, 2.24) is 9.21 Å². The van der Waals surface area contributed by atoms with Gasteiger partial charge in [-0.1, -0.05) is 30.3 Å². The molecule has 0 spiro atoms. The number of hydrogen-bond donors (Lipinski definition) is 1. The largest absolute Gasteiger partial charge is 0.393 e. The van der Waals surface area contributed by atoms with Crippen molar-refractivity contribution in [2.24, 2.45) is 5.92 Å². The Balaban J connectivity index is 1.68. The fourth-order valence-electron chi connectivity index (χ4n) is 4.30. The van der Waals surface area contributed by atoms with Gasteiger partial charge in [0.1, 0.15) is 10.3 Å². The van der Waals surface area contributed by atoms with Gasteiger partial charge in [0.25, 0.3) is 10.0 Å². The summed E-state index contributed by atoms with van der Waals surface area (Å²) in [4.78, 5) is 15.2. The van der Waals surface area contributed by atoms with Gasteiger partial charge in [-0.2, -0.15) is 4.31 Å². The molecule has 1 N–H and O–H groups in total. The van der Waals surface area contributed by atoms with Gasteiger partial charge in [-0.05, 0) is 48.8 Å². The van der Waals surface area contributed by atoms with Crippen molar-refractivity contribution >= 4 is 27.3 Å². The molecule has 1 saturated heterocycles. The minimum Gasteiger partial charge on any atom is -0.393 e. The highest BCUT2D eigenvalue weighted by molar-refractivity contribution is 7.91. The van der Waals surface area contributed by atoms with Crippen LogP contribution in [0.1, 0.15) is 30.9 Å². The second-order valence-corrected chi connectivity index (χ2v) is 11.0. The molecule has 0 aliphatic carbocycles. The van der Waals surface area contributed by atoms with Crippen molar-refractivity contribution in [3.63, 3.8) is 0 Å². The molecule has 3 unspecified atom stereocenters. The monoisotopic (exact) mass is 434 g/mol. The number of likely N-dealkylation sites (tertiary alicyclic amines) is 1. The molecule has 3 heterocycles. The first-order chi connectivity index (χ1) is 13.9. The van der Waals surface area contributed by atoms with Gasteiger partial charge < -0.3 is 10.0 Å². The molecule has 8 heteroatoms. The lowest BCUT2D eigenvalue weighted by Crippen LogP contribution is -2.55. The van der Waals surface area contributed by atoms with Crippen LogP contribution in [-0.4, -0.2) is 53.9 Å². The Labute approximate surface area is 175 Å². The third-order valence-electron chi connectivity index (χ3n) is 6.00. The number of sulfonamides is 1. The van der Waals surface area contributed by atoms with Gasteiger partial charge in [0, 0.05) is 25.6 Å². The van der Waals surface area contributed by atoms with E-state index in [1.165, 1.54) is 15.6 Å². The van der Waals surface area contributed by atoms with Crippen molar-refractivity contribution in [2.75, 3.05) is 13.1 Å². The maximum atomic E-state index is 13.5. The molecule has 4 rings (SSSR count). The lowest BCUT2D eigenvalue weighted by atomic mass is 9.91. The number of fused-ring (bicyclic) bond motifs is 1. The molecule has 6 nitrogen and oxygen atoms in total. The third-order valence-corrected chi connectivity index (χ3v) is 9.23. The number of aliphatic hydroxyl groups is 1. The van der Waals surface area contributed by atoms with Crippen molar-refractivity contribution in [3.05, 3.63) is 52.9 Å². The predicted molar refractivity (Wildman–Crippen MR) is 112 cm³/mol. The minimum absolute atomic E-state index is 0.0333. The maximum Gasteiger partial charge on any atom is 0.253 e. The number of carbonyl (C=O) groups is 1. The molecule has 1 aromatic carbocycles. The molecule has 0 radical (unpaired) electrons. The third kappa shape index (κ3) is 3.99. The highest BCUT2D eigenvalue weighted by Gasteiger charge is 2.42. The number of hydrogen-bond acceptors (Lipinski definition) is 5. The standard InChI is InChI=1S/C21H26N2O4S2/c1-15(24)17-8-4-10-22(13-17)21(25)19-12-16-6-2-3-7-18(16)14-23(19)29(26,27)20-9-5-11-28-20/h2-3,5-7,9,11,15,17,19,24H,4,8,10,12-14H2,1H3. The topological polar surface area (TPSA) is 77.9 Å². The first-order valence-electron chi connectivity index (χ1n) is 9.97. The van der Waals surface area contributed by atoms with E-state index in [1.54, 1.807) is 29.3 Å². The van der Waals surface area contributed by atoms with E-state index in [0.717, 1.165) is 24.0 Å². The number of carbonyl (C=O) groups excluding carboxylic acids is 1. The molecular weight excluding hydrogens is 408 g/mol.